The second-order valence-electron chi connectivity index (χ2n) is 16.2. The lowest BCUT2D eigenvalue weighted by Gasteiger charge is -2.50. The molecule has 286 valence electrons. The number of ether oxygens (including phenoxy) is 4. The number of primary amides is 1. The lowest BCUT2D eigenvalue weighted by Crippen LogP contribution is -2.61. The largest absolute Gasteiger partial charge is 0.490 e. The number of halogens is 1. The molecule has 0 aromatic heterocycles. The zero-order valence-electron chi connectivity index (χ0n) is 30.9. The van der Waals surface area contributed by atoms with Crippen LogP contribution in [0.5, 0.6) is 5.75 Å². The molecule has 1 unspecified atom stereocenters. The van der Waals surface area contributed by atoms with E-state index >= 15 is 0 Å². The highest BCUT2D eigenvalue weighted by atomic mass is 35.5. The molecule has 1 saturated carbocycles. The summed E-state index contributed by atoms with van der Waals surface area (Å²) < 4.78 is 45.0. The maximum absolute atomic E-state index is 12.4. The van der Waals surface area contributed by atoms with E-state index in [0.717, 1.165) is 94.0 Å². The second-order valence-corrected chi connectivity index (χ2v) is 18.0. The Balaban J connectivity index is 1.12. The zero-order valence-corrected chi connectivity index (χ0v) is 32.5. The second kappa shape index (κ2) is 16.2. The van der Waals surface area contributed by atoms with Crippen molar-refractivity contribution in [3.8, 4) is 5.75 Å². The minimum Gasteiger partial charge on any atom is -0.490 e. The summed E-state index contributed by atoms with van der Waals surface area (Å²) in [6.07, 6.45) is 8.15. The Morgan fingerprint density at radius 2 is 1.92 bits per heavy atom. The summed E-state index contributed by atoms with van der Waals surface area (Å²) in [7, 11) is 1.77. The predicted octanol–water partition coefficient (Wildman–Crippen LogP) is 5.21. The molecule has 1 spiro atoms. The van der Waals surface area contributed by atoms with E-state index in [-0.39, 0.29) is 40.9 Å². The number of anilines is 1. The molecule has 0 radical (unpaired) electrons. The van der Waals surface area contributed by atoms with Crippen molar-refractivity contribution in [2.45, 2.75) is 94.3 Å². The standard InChI is InChI=1S/C40H56ClN3O7S/c1-25(26(2)52(46)47)6-4-8-34(39-49-21-31(22-50-39)43-19-32(20-43)48-3)33-12-9-29(33)18-44-23-40(15-5-7-27-16-30(41)11-13-35(27)40)24-51-37-14-10-28(38(42)45)17-36(37)44/h10-11,13-14,16-17,25-26,29,31-34,39H,4-9,12,15,18-24H2,1-3H3,(H2,42,45)(H,46,47)/p+1/t25-,26+,29-,31?,33+,34+,39?,40-/m0/s1. The van der Waals surface area contributed by atoms with Gasteiger partial charge in [0.1, 0.15) is 11.0 Å². The molecule has 2 aromatic rings. The van der Waals surface area contributed by atoms with Crippen molar-refractivity contribution in [3.63, 3.8) is 0 Å². The SMILES string of the molecule is COC1CN(C2COC([C@H](CCC[C@H](C)[C@@H](C)S(=O)[OH2+])[C@@H]3CC[C@H]3CN3C[C@@]4(CCCc5cc(Cl)ccc54)COc4ccc(C(N)=O)cc43)OC2)C1. The minimum absolute atomic E-state index is 0.158. The van der Waals surface area contributed by atoms with Crippen LogP contribution in [0.2, 0.25) is 5.02 Å². The van der Waals surface area contributed by atoms with Gasteiger partial charge in [0, 0.05) is 55.2 Å². The third-order valence-corrected chi connectivity index (χ3v) is 14.5. The van der Waals surface area contributed by atoms with E-state index in [1.165, 1.54) is 11.1 Å². The van der Waals surface area contributed by atoms with Gasteiger partial charge >= 0.3 is 11.1 Å². The van der Waals surface area contributed by atoms with E-state index in [1.807, 2.05) is 25.1 Å². The quantitative estimate of drug-likeness (QED) is 0.276. The van der Waals surface area contributed by atoms with Gasteiger partial charge in [-0.05, 0) is 111 Å². The van der Waals surface area contributed by atoms with Gasteiger partial charge < -0.3 is 34.1 Å². The number of methoxy groups -OCH3 is 1. The van der Waals surface area contributed by atoms with Crippen LogP contribution in [-0.4, -0.2) is 96.4 Å². The molecule has 7 atom stereocenters. The van der Waals surface area contributed by atoms with E-state index < -0.39 is 17.0 Å². The Labute approximate surface area is 316 Å². The van der Waals surface area contributed by atoms with E-state index in [0.29, 0.717) is 37.2 Å². The van der Waals surface area contributed by atoms with Gasteiger partial charge in [0.15, 0.2) is 6.29 Å². The molecule has 7 rings (SSSR count). The lowest BCUT2D eigenvalue weighted by molar-refractivity contribution is -0.251. The molecule has 0 bridgehead atoms. The first-order valence-electron chi connectivity index (χ1n) is 19.3. The van der Waals surface area contributed by atoms with Crippen LogP contribution in [0.25, 0.3) is 0 Å². The van der Waals surface area contributed by atoms with E-state index in [2.05, 4.69) is 28.9 Å². The van der Waals surface area contributed by atoms with E-state index in [1.54, 1.807) is 13.2 Å². The van der Waals surface area contributed by atoms with Gasteiger partial charge in [-0.2, -0.15) is 4.21 Å². The number of amides is 1. The molecule has 2 aromatic carbocycles. The fourth-order valence-electron chi connectivity index (χ4n) is 9.49. The van der Waals surface area contributed by atoms with E-state index in [4.69, 9.17) is 40.8 Å². The number of hydrogen-bond donors (Lipinski definition) is 1. The Morgan fingerprint density at radius 1 is 1.13 bits per heavy atom. The van der Waals surface area contributed by atoms with Crippen LogP contribution in [0.15, 0.2) is 36.4 Å². The fourth-order valence-corrected chi connectivity index (χ4v) is 10.2. The number of fused-ring (bicyclic) bond motifs is 3. The van der Waals surface area contributed by atoms with Crippen LogP contribution in [0, 0.1) is 23.7 Å². The average Bonchev–Trinajstić information content (AvgIpc) is 3.25. The number of hydrogen-bond acceptors (Lipinski definition) is 8. The molecule has 12 heteroatoms. The number of likely N-dealkylation sites (tertiary alicyclic amines) is 1. The van der Waals surface area contributed by atoms with Gasteiger partial charge in [0.2, 0.25) is 5.91 Å². The average molecular weight is 759 g/mol. The van der Waals surface area contributed by atoms with Crippen molar-refractivity contribution in [2.24, 2.45) is 29.4 Å². The first-order chi connectivity index (χ1) is 25.0. The maximum atomic E-state index is 12.4. The summed E-state index contributed by atoms with van der Waals surface area (Å²) in [4.78, 5) is 17.3. The van der Waals surface area contributed by atoms with Crippen molar-refractivity contribution in [1.29, 1.82) is 0 Å². The zero-order chi connectivity index (χ0) is 36.6. The van der Waals surface area contributed by atoms with Crippen LogP contribution < -0.4 is 15.4 Å². The molecule has 2 aliphatic carbocycles. The monoisotopic (exact) mass is 758 g/mol. The summed E-state index contributed by atoms with van der Waals surface area (Å²) in [6, 6.07) is 12.2. The molecule has 52 heavy (non-hydrogen) atoms. The molecule has 10 nitrogen and oxygen atoms in total. The molecular formula is C40H57ClN3O7S+. The smallest absolute Gasteiger partial charge is 0.303 e. The first kappa shape index (κ1) is 38.0. The lowest BCUT2D eigenvalue weighted by atomic mass is 9.64. The molecule has 3 fully saturated rings. The minimum atomic E-state index is -1.58. The van der Waals surface area contributed by atoms with Crippen LogP contribution in [0.3, 0.4) is 0 Å². The highest BCUT2D eigenvalue weighted by Crippen LogP contribution is 2.49. The van der Waals surface area contributed by atoms with Crippen molar-refractivity contribution in [3.05, 3.63) is 58.1 Å². The van der Waals surface area contributed by atoms with Crippen LogP contribution in [-0.2, 0) is 37.1 Å². The Kier molecular flexibility index (Phi) is 11.9. The first-order valence-corrected chi connectivity index (χ1v) is 20.9. The molecule has 3 aliphatic heterocycles. The van der Waals surface area contributed by atoms with Crippen molar-refractivity contribution >= 4 is 34.3 Å². The summed E-state index contributed by atoms with van der Waals surface area (Å²) in [6.45, 7) is 9.34. The number of aryl methyl sites for hydroxylation is 1. The highest BCUT2D eigenvalue weighted by Gasteiger charge is 2.47. The Morgan fingerprint density at radius 3 is 2.62 bits per heavy atom. The van der Waals surface area contributed by atoms with Crippen LogP contribution in [0.1, 0.15) is 80.3 Å². The summed E-state index contributed by atoms with van der Waals surface area (Å²) in [5, 5.41) is 0.605. The number of rotatable bonds is 13. The maximum Gasteiger partial charge on any atom is 0.303 e. The molecule has 4 N–H and O–H groups in total. The fraction of sp³-hybridized carbons (Fsp3) is 0.675. The van der Waals surface area contributed by atoms with Gasteiger partial charge in [-0.3, -0.25) is 9.69 Å². The summed E-state index contributed by atoms with van der Waals surface area (Å²) in [5.74, 6) is 1.57. The summed E-state index contributed by atoms with van der Waals surface area (Å²) >= 11 is 4.90. The van der Waals surface area contributed by atoms with Crippen molar-refractivity contribution < 1.29 is 32.5 Å². The normalized spacial score (nSPS) is 30.1. The topological polar surface area (TPSA) is 126 Å². The number of nitrogens with zero attached hydrogens (tertiary/aromatic N) is 2. The van der Waals surface area contributed by atoms with Crippen LogP contribution in [0.4, 0.5) is 5.69 Å². The Bertz CT molecular complexity index is 1600. The summed E-state index contributed by atoms with van der Waals surface area (Å²) in [5.41, 5.74) is 9.62. The number of carbonyl (C=O) groups excluding carboxylic acids is 1. The van der Waals surface area contributed by atoms with Crippen LogP contribution >= 0.6 is 11.6 Å². The Hall–Kier alpha value is -2.25. The van der Waals surface area contributed by atoms with E-state index in [9.17, 15) is 9.00 Å². The third kappa shape index (κ3) is 7.93. The molecule has 1 amide bonds. The predicted molar refractivity (Wildman–Crippen MR) is 205 cm³/mol. The van der Waals surface area contributed by atoms with Gasteiger partial charge in [-0.1, -0.05) is 31.0 Å². The number of carbonyl (C=O) groups is 1. The van der Waals surface area contributed by atoms with Gasteiger partial charge in [0.25, 0.3) is 0 Å². The van der Waals surface area contributed by atoms with Gasteiger partial charge in [-0.15, -0.1) is 0 Å². The number of nitrogens with two attached hydrogens (primary N) is 1. The highest BCUT2D eigenvalue weighted by molar-refractivity contribution is 7.79. The molecule has 2 saturated heterocycles. The van der Waals surface area contributed by atoms with Gasteiger partial charge in [0.05, 0.1) is 37.7 Å². The molecular weight excluding hydrogens is 702 g/mol. The van der Waals surface area contributed by atoms with Gasteiger partial charge in [-0.25, -0.2) is 0 Å². The van der Waals surface area contributed by atoms with Crippen molar-refractivity contribution in [2.75, 3.05) is 58.0 Å². The number of benzene rings is 2. The molecule has 3 heterocycles. The molecule has 5 aliphatic rings. The van der Waals surface area contributed by atoms with Crippen molar-refractivity contribution in [1.82, 2.24) is 4.90 Å². The third-order valence-electron chi connectivity index (χ3n) is 13.1.